The number of anilines is 3. The van der Waals surface area contributed by atoms with Gasteiger partial charge in [0.25, 0.3) is 0 Å². The summed E-state index contributed by atoms with van der Waals surface area (Å²) in [5, 5.41) is 18.7. The molecule has 6 nitrogen and oxygen atoms in total. The molecule has 0 saturated carbocycles. The highest BCUT2D eigenvalue weighted by atomic mass is 79.9. The Morgan fingerprint density at radius 3 is 2.80 bits per heavy atom. The first kappa shape index (κ1) is 19.4. The molecule has 0 spiro atoms. The van der Waals surface area contributed by atoms with Crippen molar-refractivity contribution in [2.24, 2.45) is 0 Å². The summed E-state index contributed by atoms with van der Waals surface area (Å²) >= 11 is 2.88. The molecule has 3 aromatic rings. The first-order valence-electron chi connectivity index (χ1n) is 7.34. The number of halogens is 1. The lowest BCUT2D eigenvalue weighted by Crippen LogP contribution is -2.08. The minimum Gasteiger partial charge on any atom is -0.508 e. The molecule has 0 atom stereocenters. The van der Waals surface area contributed by atoms with Crippen molar-refractivity contribution in [3.05, 3.63) is 35.3 Å². The molecule has 3 N–H and O–H groups in total. The summed E-state index contributed by atoms with van der Waals surface area (Å²) in [6, 6.07) is 6.88. The SMILES string of the molecule is Br.CCC(=O)Nc1nc(C)c(-c2csc(Nc3cccc(O)c3)n2)s1. The number of benzene rings is 1. The molecule has 25 heavy (non-hydrogen) atoms. The van der Waals surface area contributed by atoms with Gasteiger partial charge in [0.1, 0.15) is 5.75 Å². The number of rotatable bonds is 5. The summed E-state index contributed by atoms with van der Waals surface area (Å²) in [6.45, 7) is 3.70. The third kappa shape index (κ3) is 4.77. The maximum absolute atomic E-state index is 11.5. The van der Waals surface area contributed by atoms with Gasteiger partial charge < -0.3 is 15.7 Å². The van der Waals surface area contributed by atoms with E-state index in [2.05, 4.69) is 20.6 Å². The number of aryl methyl sites for hydroxylation is 1. The van der Waals surface area contributed by atoms with E-state index in [0.717, 1.165) is 27.1 Å². The fourth-order valence-corrected chi connectivity index (χ4v) is 3.78. The monoisotopic (exact) mass is 440 g/mol. The second-order valence-electron chi connectivity index (χ2n) is 5.05. The predicted molar refractivity (Wildman–Crippen MR) is 109 cm³/mol. The van der Waals surface area contributed by atoms with E-state index in [1.807, 2.05) is 18.4 Å². The lowest BCUT2D eigenvalue weighted by molar-refractivity contribution is -0.115. The Bertz CT molecular complexity index is 879. The van der Waals surface area contributed by atoms with Crippen molar-refractivity contribution in [1.29, 1.82) is 0 Å². The smallest absolute Gasteiger partial charge is 0.225 e. The molecule has 0 saturated heterocycles. The summed E-state index contributed by atoms with van der Waals surface area (Å²) in [5.74, 6) is 0.145. The second kappa shape index (κ2) is 8.41. The van der Waals surface area contributed by atoms with Gasteiger partial charge in [-0.25, -0.2) is 9.97 Å². The highest BCUT2D eigenvalue weighted by molar-refractivity contribution is 8.93. The number of carbonyl (C=O) groups excluding carboxylic acids is 1. The topological polar surface area (TPSA) is 87.1 Å². The number of phenols is 1. The van der Waals surface area contributed by atoms with Gasteiger partial charge >= 0.3 is 0 Å². The van der Waals surface area contributed by atoms with Crippen LogP contribution in [-0.2, 0) is 4.79 Å². The number of aromatic nitrogens is 2. The normalized spacial score (nSPS) is 10.2. The Labute approximate surface area is 163 Å². The number of aromatic hydroxyl groups is 1. The first-order chi connectivity index (χ1) is 11.5. The highest BCUT2D eigenvalue weighted by Crippen LogP contribution is 2.35. The van der Waals surface area contributed by atoms with Crippen LogP contribution in [0.15, 0.2) is 29.6 Å². The van der Waals surface area contributed by atoms with Gasteiger partial charge in [0.05, 0.1) is 16.3 Å². The van der Waals surface area contributed by atoms with E-state index in [1.165, 1.54) is 22.7 Å². The van der Waals surface area contributed by atoms with Crippen molar-refractivity contribution in [2.45, 2.75) is 20.3 Å². The molecule has 0 aliphatic carbocycles. The van der Waals surface area contributed by atoms with Crippen LogP contribution in [0.25, 0.3) is 10.6 Å². The number of hydrogen-bond acceptors (Lipinski definition) is 7. The number of amides is 1. The van der Waals surface area contributed by atoms with Crippen LogP contribution in [-0.4, -0.2) is 21.0 Å². The number of nitrogens with zero attached hydrogens (tertiary/aromatic N) is 2. The maximum Gasteiger partial charge on any atom is 0.225 e. The molecule has 0 radical (unpaired) electrons. The van der Waals surface area contributed by atoms with Crippen LogP contribution in [0.4, 0.5) is 16.0 Å². The number of phenolic OH excluding ortho intramolecular Hbond substituents is 1. The Hall–Kier alpha value is -1.97. The molecule has 1 amide bonds. The van der Waals surface area contributed by atoms with Gasteiger partial charge in [-0.1, -0.05) is 24.3 Å². The third-order valence-electron chi connectivity index (χ3n) is 3.20. The van der Waals surface area contributed by atoms with Gasteiger partial charge in [0.15, 0.2) is 10.3 Å². The lowest BCUT2D eigenvalue weighted by Gasteiger charge is -2.02. The summed E-state index contributed by atoms with van der Waals surface area (Å²) in [5.41, 5.74) is 2.42. The van der Waals surface area contributed by atoms with Gasteiger partial charge in [0.2, 0.25) is 5.91 Å². The van der Waals surface area contributed by atoms with E-state index in [1.54, 1.807) is 25.1 Å². The van der Waals surface area contributed by atoms with Gasteiger partial charge in [-0.2, -0.15) is 0 Å². The quantitative estimate of drug-likeness (QED) is 0.522. The average molecular weight is 441 g/mol. The van der Waals surface area contributed by atoms with Crippen LogP contribution in [0.2, 0.25) is 0 Å². The van der Waals surface area contributed by atoms with Crippen molar-refractivity contribution in [3.8, 4) is 16.3 Å². The van der Waals surface area contributed by atoms with Crippen molar-refractivity contribution >= 4 is 61.5 Å². The van der Waals surface area contributed by atoms with Crippen LogP contribution in [0.3, 0.4) is 0 Å². The van der Waals surface area contributed by atoms with Crippen molar-refractivity contribution in [2.75, 3.05) is 10.6 Å². The molecule has 2 aromatic heterocycles. The van der Waals surface area contributed by atoms with Crippen LogP contribution in [0.1, 0.15) is 19.0 Å². The van der Waals surface area contributed by atoms with E-state index >= 15 is 0 Å². The highest BCUT2D eigenvalue weighted by Gasteiger charge is 2.14. The van der Waals surface area contributed by atoms with E-state index < -0.39 is 0 Å². The zero-order chi connectivity index (χ0) is 17.1. The van der Waals surface area contributed by atoms with E-state index in [9.17, 15) is 9.90 Å². The van der Waals surface area contributed by atoms with E-state index in [-0.39, 0.29) is 28.6 Å². The summed E-state index contributed by atoms with van der Waals surface area (Å²) in [6.07, 6.45) is 0.419. The van der Waals surface area contributed by atoms with Gasteiger partial charge in [-0.3, -0.25) is 4.79 Å². The number of thiazole rings is 2. The number of hydrogen-bond donors (Lipinski definition) is 3. The lowest BCUT2D eigenvalue weighted by atomic mass is 10.3. The predicted octanol–water partition coefficient (Wildman–Crippen LogP) is 4.95. The molecular weight excluding hydrogens is 424 g/mol. The second-order valence-corrected chi connectivity index (χ2v) is 6.91. The maximum atomic E-state index is 11.5. The molecule has 132 valence electrons. The minimum atomic E-state index is -0.0557. The molecule has 1 aromatic carbocycles. The Kier molecular flexibility index (Phi) is 6.51. The average Bonchev–Trinajstić information content (AvgIpc) is 3.13. The van der Waals surface area contributed by atoms with Crippen molar-refractivity contribution in [1.82, 2.24) is 9.97 Å². The molecule has 0 fully saturated rings. The summed E-state index contributed by atoms with van der Waals surface area (Å²) < 4.78 is 0. The van der Waals surface area contributed by atoms with Gasteiger partial charge in [-0.15, -0.1) is 28.3 Å². The zero-order valence-corrected chi connectivity index (χ0v) is 16.9. The fourth-order valence-electron chi connectivity index (χ4n) is 2.04. The molecule has 0 bridgehead atoms. The molecule has 3 rings (SSSR count). The Morgan fingerprint density at radius 2 is 2.08 bits per heavy atom. The Morgan fingerprint density at radius 1 is 1.28 bits per heavy atom. The fraction of sp³-hybridized carbons (Fsp3) is 0.188. The van der Waals surface area contributed by atoms with Crippen LogP contribution >= 0.6 is 39.7 Å². The first-order valence-corrected chi connectivity index (χ1v) is 9.04. The molecule has 0 unspecified atom stereocenters. The minimum absolute atomic E-state index is 0. The third-order valence-corrected chi connectivity index (χ3v) is 5.05. The molecule has 9 heteroatoms. The van der Waals surface area contributed by atoms with E-state index in [0.29, 0.717) is 11.6 Å². The standard InChI is InChI=1S/C16H16N4O2S2.BrH/c1-3-13(22)20-16-17-9(2)14(24-16)12-8-23-15(19-12)18-10-5-4-6-11(21)7-10;/h4-8,21H,3H2,1-2H3,(H,18,19)(H,17,20,22);1H. The van der Waals surface area contributed by atoms with Gasteiger partial charge in [0, 0.05) is 23.6 Å². The van der Waals surface area contributed by atoms with Crippen molar-refractivity contribution < 1.29 is 9.90 Å². The Balaban J connectivity index is 0.00000225. The molecular formula is C16H17BrN4O2S2. The van der Waals surface area contributed by atoms with E-state index in [4.69, 9.17) is 0 Å². The number of nitrogens with one attached hydrogen (secondary N) is 2. The molecule has 0 aliphatic rings. The van der Waals surface area contributed by atoms with Crippen LogP contribution in [0.5, 0.6) is 5.75 Å². The molecule has 2 heterocycles. The summed E-state index contributed by atoms with van der Waals surface area (Å²) in [4.78, 5) is 21.4. The van der Waals surface area contributed by atoms with Crippen LogP contribution < -0.4 is 10.6 Å². The molecule has 0 aliphatic heterocycles. The van der Waals surface area contributed by atoms with Crippen LogP contribution in [0, 0.1) is 6.92 Å². The zero-order valence-electron chi connectivity index (χ0n) is 13.6. The van der Waals surface area contributed by atoms with Crippen molar-refractivity contribution in [3.63, 3.8) is 0 Å². The number of carbonyl (C=O) groups is 1. The largest absolute Gasteiger partial charge is 0.508 e. The summed E-state index contributed by atoms with van der Waals surface area (Å²) in [7, 11) is 0. The van der Waals surface area contributed by atoms with Gasteiger partial charge in [-0.05, 0) is 19.1 Å².